The maximum absolute atomic E-state index is 11.1. The molecule has 0 aromatic heterocycles. The summed E-state index contributed by atoms with van der Waals surface area (Å²) in [5.74, 6) is 1.39. The number of rotatable bonds is 4. The smallest absolute Gasteiger partial charge is 0.311 e. The number of ether oxygens (including phenoxy) is 1. The molecule has 0 saturated carbocycles. The van der Waals surface area contributed by atoms with Crippen LogP contribution >= 0.6 is 0 Å². The van der Waals surface area contributed by atoms with Crippen molar-refractivity contribution >= 4 is 5.69 Å². The van der Waals surface area contributed by atoms with Crippen molar-refractivity contribution in [2.45, 2.75) is 18.8 Å². The van der Waals surface area contributed by atoms with Gasteiger partial charge in [0.2, 0.25) is 5.75 Å². The molecule has 0 fully saturated rings. The van der Waals surface area contributed by atoms with Gasteiger partial charge in [0.05, 0.1) is 4.92 Å². The number of para-hydroxylation sites is 2. The van der Waals surface area contributed by atoms with Crippen LogP contribution in [0.5, 0.6) is 11.5 Å². The second-order valence-electron chi connectivity index (χ2n) is 6.27. The Bertz CT molecular complexity index is 921. The zero-order chi connectivity index (χ0) is 17.2. The van der Waals surface area contributed by atoms with Gasteiger partial charge in [-0.1, -0.05) is 48.5 Å². The first-order valence-electron chi connectivity index (χ1n) is 8.29. The normalized spacial score (nSPS) is 15.6. The number of nitro groups is 1. The molecule has 0 bridgehead atoms. The van der Waals surface area contributed by atoms with Crippen LogP contribution in [0.2, 0.25) is 0 Å². The summed E-state index contributed by atoms with van der Waals surface area (Å²) in [7, 11) is 0. The molecule has 0 heterocycles. The minimum absolute atomic E-state index is 0.0230. The van der Waals surface area contributed by atoms with Gasteiger partial charge in [-0.25, -0.2) is 0 Å². The Hall–Kier alpha value is -3.14. The van der Waals surface area contributed by atoms with Crippen LogP contribution in [-0.2, 0) is 12.8 Å². The lowest BCUT2D eigenvalue weighted by atomic mass is 9.96. The van der Waals surface area contributed by atoms with Gasteiger partial charge in [0.15, 0.2) is 0 Å². The number of fused-ring (bicyclic) bond motifs is 1. The lowest BCUT2D eigenvalue weighted by molar-refractivity contribution is -0.385. The maximum atomic E-state index is 11.1. The average molecular weight is 331 g/mol. The molecular weight excluding hydrogens is 314 g/mol. The summed E-state index contributed by atoms with van der Waals surface area (Å²) in [4.78, 5) is 10.7. The fourth-order valence-corrected chi connectivity index (χ4v) is 3.44. The third-order valence-electron chi connectivity index (χ3n) is 4.67. The van der Waals surface area contributed by atoms with E-state index in [1.54, 1.807) is 18.2 Å². The lowest BCUT2D eigenvalue weighted by Gasteiger charge is -2.08. The van der Waals surface area contributed by atoms with Crippen molar-refractivity contribution in [1.29, 1.82) is 0 Å². The number of nitro benzene ring substituents is 1. The second-order valence-corrected chi connectivity index (χ2v) is 6.27. The largest absolute Gasteiger partial charge is 0.450 e. The number of nitrogens with zero attached hydrogens (tertiary/aromatic N) is 1. The van der Waals surface area contributed by atoms with Crippen molar-refractivity contribution in [1.82, 2.24) is 0 Å². The Kier molecular flexibility index (Phi) is 3.94. The standard InChI is InChI=1S/C21H17NO3/c23-22(24)20-8-4-5-9-21(20)25-19-11-10-16-12-17(13-18(16)14-19)15-6-2-1-3-7-15/h1-11,14,17H,12-13H2. The van der Waals surface area contributed by atoms with Crippen molar-refractivity contribution < 1.29 is 9.66 Å². The van der Waals surface area contributed by atoms with Crippen molar-refractivity contribution in [3.63, 3.8) is 0 Å². The fourth-order valence-electron chi connectivity index (χ4n) is 3.44. The van der Waals surface area contributed by atoms with Gasteiger partial charge < -0.3 is 4.74 Å². The van der Waals surface area contributed by atoms with E-state index in [-0.39, 0.29) is 11.4 Å². The number of hydrogen-bond acceptors (Lipinski definition) is 3. The van der Waals surface area contributed by atoms with Crippen molar-refractivity contribution in [2.75, 3.05) is 0 Å². The molecule has 0 spiro atoms. The van der Waals surface area contributed by atoms with E-state index < -0.39 is 4.92 Å². The highest BCUT2D eigenvalue weighted by Crippen LogP contribution is 2.37. The van der Waals surface area contributed by atoms with Crippen LogP contribution in [0.4, 0.5) is 5.69 Å². The van der Waals surface area contributed by atoms with Crippen LogP contribution in [0.15, 0.2) is 72.8 Å². The van der Waals surface area contributed by atoms with Crippen LogP contribution in [0.1, 0.15) is 22.6 Å². The molecule has 0 N–H and O–H groups in total. The molecule has 0 amide bonds. The fraction of sp³-hybridized carbons (Fsp3) is 0.143. The molecule has 4 heteroatoms. The van der Waals surface area contributed by atoms with Gasteiger partial charge in [0, 0.05) is 6.07 Å². The lowest BCUT2D eigenvalue weighted by Crippen LogP contribution is -1.96. The van der Waals surface area contributed by atoms with E-state index in [0.29, 0.717) is 11.7 Å². The molecule has 1 aliphatic carbocycles. The predicted octanol–water partition coefficient (Wildman–Crippen LogP) is 5.27. The highest BCUT2D eigenvalue weighted by Gasteiger charge is 2.23. The molecule has 1 aliphatic rings. The molecule has 4 nitrogen and oxygen atoms in total. The van der Waals surface area contributed by atoms with E-state index in [1.807, 2.05) is 18.2 Å². The number of hydrogen-bond donors (Lipinski definition) is 0. The molecule has 3 aromatic carbocycles. The summed E-state index contributed by atoms with van der Waals surface area (Å²) in [6.45, 7) is 0. The minimum atomic E-state index is -0.422. The quantitative estimate of drug-likeness (QED) is 0.483. The van der Waals surface area contributed by atoms with E-state index in [9.17, 15) is 10.1 Å². The van der Waals surface area contributed by atoms with E-state index in [4.69, 9.17) is 4.74 Å². The van der Waals surface area contributed by atoms with E-state index in [1.165, 1.54) is 22.8 Å². The molecule has 0 radical (unpaired) electrons. The molecule has 3 aromatic rings. The second kappa shape index (κ2) is 6.40. The van der Waals surface area contributed by atoms with Gasteiger partial charge in [0.1, 0.15) is 5.75 Å². The van der Waals surface area contributed by atoms with Crippen LogP contribution in [0, 0.1) is 10.1 Å². The zero-order valence-corrected chi connectivity index (χ0v) is 13.6. The van der Waals surface area contributed by atoms with Gasteiger partial charge in [-0.3, -0.25) is 10.1 Å². The number of benzene rings is 3. The molecule has 4 rings (SSSR count). The summed E-state index contributed by atoms with van der Waals surface area (Å²) >= 11 is 0. The highest BCUT2D eigenvalue weighted by molar-refractivity contribution is 5.49. The Morgan fingerprint density at radius 2 is 1.60 bits per heavy atom. The monoisotopic (exact) mass is 331 g/mol. The van der Waals surface area contributed by atoms with E-state index in [0.717, 1.165) is 12.8 Å². The first-order valence-corrected chi connectivity index (χ1v) is 8.29. The average Bonchev–Trinajstić information content (AvgIpc) is 3.06. The molecule has 124 valence electrons. The Balaban J connectivity index is 1.57. The van der Waals surface area contributed by atoms with Gasteiger partial charge in [-0.05, 0) is 53.6 Å². The SMILES string of the molecule is O=[N+]([O-])c1ccccc1Oc1ccc2c(c1)CC(c1ccccc1)C2. The van der Waals surface area contributed by atoms with Gasteiger partial charge in [-0.2, -0.15) is 0 Å². The van der Waals surface area contributed by atoms with Crippen molar-refractivity contribution in [3.8, 4) is 11.5 Å². The maximum Gasteiger partial charge on any atom is 0.311 e. The van der Waals surface area contributed by atoms with Crippen LogP contribution < -0.4 is 4.74 Å². The van der Waals surface area contributed by atoms with Crippen LogP contribution in [0.25, 0.3) is 0 Å². The molecule has 25 heavy (non-hydrogen) atoms. The summed E-state index contributed by atoms with van der Waals surface area (Å²) < 4.78 is 5.80. The van der Waals surface area contributed by atoms with Gasteiger partial charge >= 0.3 is 5.69 Å². The zero-order valence-electron chi connectivity index (χ0n) is 13.6. The minimum Gasteiger partial charge on any atom is -0.450 e. The summed E-state index contributed by atoms with van der Waals surface area (Å²) in [6, 6.07) is 22.9. The summed E-state index contributed by atoms with van der Waals surface area (Å²) in [6.07, 6.45) is 1.98. The summed E-state index contributed by atoms with van der Waals surface area (Å²) in [5, 5.41) is 11.1. The third kappa shape index (κ3) is 3.11. The van der Waals surface area contributed by atoms with E-state index >= 15 is 0 Å². The molecule has 0 aliphatic heterocycles. The van der Waals surface area contributed by atoms with Crippen LogP contribution in [-0.4, -0.2) is 4.92 Å². The first kappa shape index (κ1) is 15.4. The molecule has 1 atom stereocenters. The molecule has 1 unspecified atom stereocenters. The summed E-state index contributed by atoms with van der Waals surface area (Å²) in [5.41, 5.74) is 3.90. The topological polar surface area (TPSA) is 52.4 Å². The van der Waals surface area contributed by atoms with Gasteiger partial charge in [0.25, 0.3) is 0 Å². The van der Waals surface area contributed by atoms with E-state index in [2.05, 4.69) is 30.3 Å². The van der Waals surface area contributed by atoms with Gasteiger partial charge in [-0.15, -0.1) is 0 Å². The highest BCUT2D eigenvalue weighted by atomic mass is 16.6. The third-order valence-corrected chi connectivity index (χ3v) is 4.67. The Labute approximate surface area is 145 Å². The van der Waals surface area contributed by atoms with Crippen LogP contribution in [0.3, 0.4) is 0 Å². The van der Waals surface area contributed by atoms with Crippen molar-refractivity contribution in [3.05, 3.63) is 99.6 Å². The Morgan fingerprint density at radius 1 is 0.880 bits per heavy atom. The molecular formula is C21H17NO3. The predicted molar refractivity (Wildman–Crippen MR) is 96.2 cm³/mol. The van der Waals surface area contributed by atoms with Crippen molar-refractivity contribution in [2.24, 2.45) is 0 Å². The molecule has 0 saturated heterocycles. The first-order chi connectivity index (χ1) is 12.2. The Morgan fingerprint density at radius 3 is 2.40 bits per heavy atom.